The normalized spacial score (nSPS) is 26.5. The molecular formula is C34H40Cl2F3N5O4. The number of alkyl halides is 3. The van der Waals surface area contributed by atoms with Crippen LogP contribution < -0.4 is 10.9 Å². The largest absolute Gasteiger partial charge is 0.490 e. The van der Waals surface area contributed by atoms with Crippen molar-refractivity contribution in [2.45, 2.75) is 84.3 Å². The van der Waals surface area contributed by atoms with E-state index in [1.54, 1.807) is 23.0 Å². The van der Waals surface area contributed by atoms with E-state index in [9.17, 15) is 23.1 Å². The van der Waals surface area contributed by atoms with Gasteiger partial charge in [-0.25, -0.2) is 14.8 Å². The van der Waals surface area contributed by atoms with Gasteiger partial charge in [-0.15, -0.1) is 0 Å². The highest BCUT2D eigenvalue weighted by Crippen LogP contribution is 2.61. The van der Waals surface area contributed by atoms with E-state index in [1.807, 2.05) is 24.3 Å². The Hall–Kier alpha value is -3.35. The number of aliphatic imine (C=N–C) groups is 1. The lowest BCUT2D eigenvalue weighted by Gasteiger charge is -2.61. The molecule has 0 amide bonds. The van der Waals surface area contributed by atoms with Gasteiger partial charge in [0.1, 0.15) is 0 Å². The minimum absolute atomic E-state index is 0.0222. The highest BCUT2D eigenvalue weighted by Gasteiger charge is 2.56. The van der Waals surface area contributed by atoms with Crippen molar-refractivity contribution < 1.29 is 28.2 Å². The number of hydrogen-bond donors (Lipinski definition) is 3. The summed E-state index contributed by atoms with van der Waals surface area (Å²) >= 11 is 12.3. The number of guanidine groups is 1. The van der Waals surface area contributed by atoms with Crippen LogP contribution in [0.5, 0.6) is 0 Å². The molecule has 3 aliphatic carbocycles. The van der Waals surface area contributed by atoms with Crippen LogP contribution in [0.25, 0.3) is 10.9 Å². The minimum Gasteiger partial charge on any atom is -0.475 e. The second kappa shape index (κ2) is 13.9. The smallest absolute Gasteiger partial charge is 0.475 e. The maximum atomic E-state index is 13.3. The van der Waals surface area contributed by atoms with Crippen LogP contribution in [0, 0.1) is 23.2 Å². The third-order valence-corrected chi connectivity index (χ3v) is 11.1. The number of carboxylic acids is 1. The molecule has 0 spiro atoms. The second-order valence-electron chi connectivity index (χ2n) is 13.7. The second-order valence-corrected chi connectivity index (χ2v) is 14.5. The average molecular weight is 711 g/mol. The Morgan fingerprint density at radius 3 is 2.44 bits per heavy atom. The number of carbonyl (C=O) groups is 1. The van der Waals surface area contributed by atoms with Crippen molar-refractivity contribution in [2.75, 3.05) is 11.9 Å². The summed E-state index contributed by atoms with van der Waals surface area (Å²) in [6.45, 7) is 10.4. The third-order valence-electron chi connectivity index (χ3n) is 10.5. The van der Waals surface area contributed by atoms with Gasteiger partial charge < -0.3 is 20.4 Å². The lowest BCUT2D eigenvalue weighted by atomic mass is 9.45. The molecule has 4 fully saturated rings. The Morgan fingerprint density at radius 1 is 1.15 bits per heavy atom. The fourth-order valence-corrected chi connectivity index (χ4v) is 7.84. The number of aryl methyl sites for hydroxylation is 2. The Bertz CT molecular complexity index is 1760. The molecule has 1 aromatic heterocycles. The minimum atomic E-state index is -5.08. The zero-order chi connectivity index (χ0) is 35.1. The number of rotatable bonds is 5. The zero-order valence-corrected chi connectivity index (χ0v) is 28.6. The first-order chi connectivity index (χ1) is 22.5. The van der Waals surface area contributed by atoms with Crippen molar-refractivity contribution in [3.05, 3.63) is 68.7 Å². The Balaban J connectivity index is 0.000000582. The maximum Gasteiger partial charge on any atom is 0.490 e. The monoisotopic (exact) mass is 709 g/mol. The first-order valence-corrected chi connectivity index (χ1v) is 16.8. The number of nitrogens with zero attached hydrogens (tertiary/aromatic N) is 4. The van der Waals surface area contributed by atoms with E-state index in [4.69, 9.17) is 38.1 Å². The molecule has 6 atom stereocenters. The first kappa shape index (κ1) is 35.9. The number of likely N-dealkylation sites (tertiary alicyclic amines) is 1. The molecule has 2 bridgehead atoms. The van der Waals surface area contributed by atoms with Crippen LogP contribution in [0.3, 0.4) is 0 Å². The topological polar surface area (TPSA) is 120 Å². The molecule has 1 aliphatic heterocycles. The molecule has 3 N–H and O–H groups in total. The van der Waals surface area contributed by atoms with Gasteiger partial charge in [-0.3, -0.25) is 9.36 Å². The van der Waals surface area contributed by atoms with Gasteiger partial charge in [-0.1, -0.05) is 50.0 Å². The molecule has 1 unspecified atom stereocenters. The summed E-state index contributed by atoms with van der Waals surface area (Å²) in [6, 6.07) is 11.3. The van der Waals surface area contributed by atoms with Gasteiger partial charge in [-0.05, 0) is 91.7 Å². The number of aliphatic carboxylic acids is 1. The van der Waals surface area contributed by atoms with E-state index in [0.29, 0.717) is 57.1 Å². The Kier molecular flexibility index (Phi) is 10.4. The molecule has 14 heteroatoms. The highest BCUT2D eigenvalue weighted by atomic mass is 35.5. The standard InChI is InChI=1S/C32H39Cl2N5O2.C2HF3O2/c1-18-25-13-21(32(25,3)4)14-27(18)37-31(39-12-10-29(40)19(39)2)36-23-7-8-24-28(16-23)35-17-38(30(24)41)11-9-20-5-6-22(33)15-26(20)34;3-2(4,5)1(6)7/h5-8,15-19,21,25,27,29,40H,9-14H2,1-4H3,(H,36,37);(H,6,7)/t18-,19+,21-,25+,27?,29-;/m0./s1. The summed E-state index contributed by atoms with van der Waals surface area (Å²) in [5, 5.41) is 22.9. The summed E-state index contributed by atoms with van der Waals surface area (Å²) < 4.78 is 33.4. The van der Waals surface area contributed by atoms with E-state index < -0.39 is 12.1 Å². The first-order valence-electron chi connectivity index (χ1n) is 16.0. The Morgan fingerprint density at radius 2 is 1.85 bits per heavy atom. The van der Waals surface area contributed by atoms with Crippen molar-refractivity contribution in [3.8, 4) is 0 Å². The van der Waals surface area contributed by atoms with Crippen LogP contribution in [0.2, 0.25) is 10.0 Å². The van der Waals surface area contributed by atoms with Crippen molar-refractivity contribution >= 4 is 51.7 Å². The number of anilines is 1. The molecule has 7 rings (SSSR count). The molecule has 2 aromatic carbocycles. The number of benzene rings is 2. The van der Waals surface area contributed by atoms with Gasteiger partial charge in [0.05, 0.1) is 35.4 Å². The average Bonchev–Trinajstić information content (AvgIpc) is 3.35. The molecule has 9 nitrogen and oxygen atoms in total. The van der Waals surface area contributed by atoms with Gasteiger partial charge in [0.25, 0.3) is 5.56 Å². The fourth-order valence-electron chi connectivity index (χ4n) is 7.34. The zero-order valence-electron chi connectivity index (χ0n) is 27.1. The molecular weight excluding hydrogens is 670 g/mol. The van der Waals surface area contributed by atoms with E-state index in [2.05, 4.69) is 42.9 Å². The van der Waals surface area contributed by atoms with Crippen molar-refractivity contribution in [3.63, 3.8) is 0 Å². The predicted molar refractivity (Wildman–Crippen MR) is 181 cm³/mol. The molecule has 0 radical (unpaired) electrons. The molecule has 4 aliphatic rings. The van der Waals surface area contributed by atoms with Crippen molar-refractivity contribution in [1.82, 2.24) is 14.5 Å². The molecule has 3 saturated carbocycles. The van der Waals surface area contributed by atoms with Crippen LogP contribution in [0.15, 0.2) is 52.5 Å². The molecule has 3 aromatic rings. The van der Waals surface area contributed by atoms with Crippen LogP contribution >= 0.6 is 23.2 Å². The summed E-state index contributed by atoms with van der Waals surface area (Å²) in [6.07, 6.45) is -0.133. The molecule has 48 heavy (non-hydrogen) atoms. The summed E-state index contributed by atoms with van der Waals surface area (Å²) in [4.78, 5) is 34.3. The number of nitrogens with one attached hydrogen (secondary N) is 1. The van der Waals surface area contributed by atoms with E-state index in [-0.39, 0.29) is 23.7 Å². The van der Waals surface area contributed by atoms with Crippen LogP contribution in [-0.2, 0) is 17.8 Å². The van der Waals surface area contributed by atoms with Crippen LogP contribution in [0.1, 0.15) is 52.5 Å². The van der Waals surface area contributed by atoms with Crippen molar-refractivity contribution in [1.29, 1.82) is 0 Å². The van der Waals surface area contributed by atoms with Gasteiger partial charge in [0, 0.05) is 28.8 Å². The Labute approximate surface area is 286 Å². The fraction of sp³-hybridized carbons (Fsp3) is 0.529. The highest BCUT2D eigenvalue weighted by molar-refractivity contribution is 6.35. The third kappa shape index (κ3) is 7.45. The maximum absolute atomic E-state index is 13.3. The predicted octanol–water partition coefficient (Wildman–Crippen LogP) is 6.87. The van der Waals surface area contributed by atoms with Crippen molar-refractivity contribution in [2.24, 2.45) is 28.2 Å². The summed E-state index contributed by atoms with van der Waals surface area (Å²) in [7, 11) is 0. The molecule has 1 saturated heterocycles. The van der Waals surface area contributed by atoms with Crippen LogP contribution in [-0.4, -0.2) is 67.5 Å². The quantitative estimate of drug-likeness (QED) is 0.195. The number of fused-ring (bicyclic) bond motifs is 3. The van der Waals surface area contributed by atoms with E-state index in [1.165, 1.54) is 6.42 Å². The number of hydrogen-bond acceptors (Lipinski definition) is 5. The van der Waals surface area contributed by atoms with Crippen LogP contribution in [0.4, 0.5) is 18.9 Å². The molecule has 260 valence electrons. The number of aliphatic hydroxyl groups excluding tert-OH is 1. The number of halogens is 5. The summed E-state index contributed by atoms with van der Waals surface area (Å²) in [5.74, 6) is -0.0391. The number of carboxylic acid groups (broad SMARTS) is 1. The molecule has 2 heterocycles. The van der Waals surface area contributed by atoms with Gasteiger partial charge in [0.2, 0.25) is 0 Å². The van der Waals surface area contributed by atoms with E-state index >= 15 is 0 Å². The van der Waals surface area contributed by atoms with Gasteiger partial charge in [0.15, 0.2) is 5.96 Å². The summed E-state index contributed by atoms with van der Waals surface area (Å²) in [5.41, 5.74) is 2.70. The SMILES string of the molecule is C[C@@H]1C(N=C(Nc2ccc3c(=O)n(CCc4ccc(Cl)cc4Cl)cnc3c2)N2CC[C@H](O)[C@H]2C)C[C@@H]2C[C@H]1C2(C)C.O=C(O)C(F)(F)F. The van der Waals surface area contributed by atoms with Gasteiger partial charge >= 0.3 is 12.1 Å². The van der Waals surface area contributed by atoms with E-state index in [0.717, 1.165) is 36.6 Å². The van der Waals surface area contributed by atoms with Gasteiger partial charge in [-0.2, -0.15) is 13.2 Å². The lowest BCUT2D eigenvalue weighted by Crippen LogP contribution is -2.56. The number of aliphatic hydroxyl groups is 1. The number of aromatic nitrogens is 2. The lowest BCUT2D eigenvalue weighted by molar-refractivity contribution is -0.192.